The zero-order chi connectivity index (χ0) is 11.5. The highest BCUT2D eigenvalue weighted by Crippen LogP contribution is 2.24. The van der Waals surface area contributed by atoms with E-state index in [-0.39, 0.29) is 35.4 Å². The molecule has 0 unspecified atom stereocenters. The standard InChI is InChI=1S/C9H13ClN2O2S.ClH/c1-7-3-2-4-8(9(7)10)15(13,14)12-6-5-11;/h2-4,12H,5-6,11H2,1H3;1H. The number of nitrogens with two attached hydrogens (primary N) is 1. The highest BCUT2D eigenvalue weighted by molar-refractivity contribution is 7.89. The monoisotopic (exact) mass is 284 g/mol. The molecule has 16 heavy (non-hydrogen) atoms. The molecule has 1 rings (SSSR count). The summed E-state index contributed by atoms with van der Waals surface area (Å²) in [5.74, 6) is 0. The molecular formula is C9H14Cl2N2O2S. The van der Waals surface area contributed by atoms with Crippen LogP contribution in [-0.2, 0) is 10.0 Å². The van der Waals surface area contributed by atoms with Crippen LogP contribution in [0.15, 0.2) is 23.1 Å². The van der Waals surface area contributed by atoms with E-state index in [9.17, 15) is 8.42 Å². The Kier molecular flexibility index (Phi) is 6.28. The van der Waals surface area contributed by atoms with Crippen LogP contribution in [0.1, 0.15) is 5.56 Å². The van der Waals surface area contributed by atoms with E-state index < -0.39 is 10.0 Å². The molecule has 0 saturated heterocycles. The van der Waals surface area contributed by atoms with Crippen molar-refractivity contribution in [2.45, 2.75) is 11.8 Å². The molecule has 1 aromatic carbocycles. The van der Waals surface area contributed by atoms with Crippen molar-refractivity contribution in [3.05, 3.63) is 28.8 Å². The molecule has 0 spiro atoms. The first kappa shape index (κ1) is 15.7. The highest BCUT2D eigenvalue weighted by Gasteiger charge is 2.17. The lowest BCUT2D eigenvalue weighted by Gasteiger charge is -2.08. The smallest absolute Gasteiger partial charge is 0.242 e. The summed E-state index contributed by atoms with van der Waals surface area (Å²) in [4.78, 5) is 0.0950. The summed E-state index contributed by atoms with van der Waals surface area (Å²) < 4.78 is 25.8. The van der Waals surface area contributed by atoms with Crippen molar-refractivity contribution in [3.63, 3.8) is 0 Å². The summed E-state index contributed by atoms with van der Waals surface area (Å²) >= 11 is 5.91. The summed E-state index contributed by atoms with van der Waals surface area (Å²) in [7, 11) is -3.54. The van der Waals surface area contributed by atoms with Gasteiger partial charge in [0, 0.05) is 13.1 Å². The SMILES string of the molecule is Cc1cccc(S(=O)(=O)NCCN)c1Cl.Cl. The molecule has 1 aromatic rings. The summed E-state index contributed by atoms with van der Waals surface area (Å²) in [6.45, 7) is 2.21. The number of hydrogen-bond acceptors (Lipinski definition) is 3. The van der Waals surface area contributed by atoms with Crippen molar-refractivity contribution >= 4 is 34.0 Å². The first-order valence-electron chi connectivity index (χ1n) is 4.44. The van der Waals surface area contributed by atoms with Crippen LogP contribution in [0.25, 0.3) is 0 Å². The molecule has 0 heterocycles. The van der Waals surface area contributed by atoms with Gasteiger partial charge in [0.25, 0.3) is 0 Å². The zero-order valence-electron chi connectivity index (χ0n) is 8.73. The van der Waals surface area contributed by atoms with Gasteiger partial charge in [-0.25, -0.2) is 13.1 Å². The number of sulfonamides is 1. The Labute approximate surface area is 107 Å². The van der Waals surface area contributed by atoms with E-state index in [1.54, 1.807) is 19.1 Å². The zero-order valence-corrected chi connectivity index (χ0v) is 11.1. The minimum Gasteiger partial charge on any atom is -0.329 e. The lowest BCUT2D eigenvalue weighted by molar-refractivity contribution is 0.582. The molecule has 0 aliphatic carbocycles. The molecule has 0 atom stereocenters. The van der Waals surface area contributed by atoms with Crippen LogP contribution in [-0.4, -0.2) is 21.5 Å². The minimum atomic E-state index is -3.54. The van der Waals surface area contributed by atoms with Gasteiger partial charge in [-0.3, -0.25) is 0 Å². The fraction of sp³-hybridized carbons (Fsp3) is 0.333. The van der Waals surface area contributed by atoms with E-state index in [4.69, 9.17) is 17.3 Å². The van der Waals surface area contributed by atoms with Crippen LogP contribution in [0.5, 0.6) is 0 Å². The summed E-state index contributed by atoms with van der Waals surface area (Å²) in [6.07, 6.45) is 0. The fourth-order valence-corrected chi connectivity index (χ4v) is 2.73. The first-order valence-corrected chi connectivity index (χ1v) is 6.30. The maximum Gasteiger partial charge on any atom is 0.242 e. The summed E-state index contributed by atoms with van der Waals surface area (Å²) in [6, 6.07) is 4.87. The summed E-state index contributed by atoms with van der Waals surface area (Å²) in [5, 5.41) is 0.252. The Morgan fingerprint density at radius 3 is 2.62 bits per heavy atom. The van der Waals surface area contributed by atoms with Gasteiger partial charge in [0.2, 0.25) is 10.0 Å². The quantitative estimate of drug-likeness (QED) is 0.876. The van der Waals surface area contributed by atoms with Crippen LogP contribution in [0.4, 0.5) is 0 Å². The van der Waals surface area contributed by atoms with Gasteiger partial charge < -0.3 is 5.73 Å². The summed E-state index contributed by atoms with van der Waals surface area (Å²) in [5.41, 5.74) is 5.95. The molecule has 0 fully saturated rings. The van der Waals surface area contributed by atoms with Gasteiger partial charge in [-0.15, -0.1) is 12.4 Å². The number of nitrogens with one attached hydrogen (secondary N) is 1. The van der Waals surface area contributed by atoms with E-state index in [2.05, 4.69) is 4.72 Å². The van der Waals surface area contributed by atoms with Gasteiger partial charge in [-0.05, 0) is 18.6 Å². The molecule has 3 N–H and O–H groups in total. The average molecular weight is 285 g/mol. The minimum absolute atomic E-state index is 0. The van der Waals surface area contributed by atoms with Crippen molar-refractivity contribution in [3.8, 4) is 0 Å². The third kappa shape index (κ3) is 3.61. The van der Waals surface area contributed by atoms with Crippen molar-refractivity contribution in [1.82, 2.24) is 4.72 Å². The average Bonchev–Trinajstić information content (AvgIpc) is 2.19. The molecular weight excluding hydrogens is 271 g/mol. The van der Waals surface area contributed by atoms with Gasteiger partial charge in [0.15, 0.2) is 0 Å². The molecule has 0 radical (unpaired) electrons. The number of aryl methyl sites for hydroxylation is 1. The Morgan fingerprint density at radius 1 is 1.44 bits per heavy atom. The fourth-order valence-electron chi connectivity index (χ4n) is 1.10. The van der Waals surface area contributed by atoms with Crippen LogP contribution >= 0.6 is 24.0 Å². The molecule has 0 aliphatic rings. The van der Waals surface area contributed by atoms with Gasteiger partial charge in [0.05, 0.1) is 5.02 Å². The maximum atomic E-state index is 11.7. The van der Waals surface area contributed by atoms with Crippen LogP contribution in [0.2, 0.25) is 5.02 Å². The van der Waals surface area contributed by atoms with E-state index in [1.807, 2.05) is 0 Å². The van der Waals surface area contributed by atoms with Crippen LogP contribution < -0.4 is 10.5 Å². The number of hydrogen-bond donors (Lipinski definition) is 2. The topological polar surface area (TPSA) is 72.2 Å². The second kappa shape index (κ2) is 6.42. The Balaban J connectivity index is 0.00000225. The predicted molar refractivity (Wildman–Crippen MR) is 67.7 cm³/mol. The normalized spacial score (nSPS) is 10.9. The van der Waals surface area contributed by atoms with Gasteiger partial charge >= 0.3 is 0 Å². The van der Waals surface area contributed by atoms with E-state index in [0.717, 1.165) is 5.56 Å². The van der Waals surface area contributed by atoms with E-state index in [1.165, 1.54) is 6.07 Å². The van der Waals surface area contributed by atoms with Crippen LogP contribution in [0.3, 0.4) is 0 Å². The third-order valence-corrected chi connectivity index (χ3v) is 4.00. The molecule has 0 aromatic heterocycles. The first-order chi connectivity index (χ1) is 6.99. The van der Waals surface area contributed by atoms with Gasteiger partial charge in [-0.2, -0.15) is 0 Å². The number of rotatable bonds is 4. The molecule has 0 bridgehead atoms. The Morgan fingerprint density at radius 2 is 2.06 bits per heavy atom. The molecule has 0 amide bonds. The van der Waals surface area contributed by atoms with Crippen molar-refractivity contribution in [2.24, 2.45) is 5.73 Å². The Bertz CT molecular complexity index is 449. The Hall–Kier alpha value is -0.330. The molecule has 92 valence electrons. The lowest BCUT2D eigenvalue weighted by Crippen LogP contribution is -2.29. The van der Waals surface area contributed by atoms with Crippen molar-refractivity contribution < 1.29 is 8.42 Å². The number of benzene rings is 1. The van der Waals surface area contributed by atoms with Crippen LogP contribution in [0, 0.1) is 6.92 Å². The van der Waals surface area contributed by atoms with Gasteiger partial charge in [-0.1, -0.05) is 23.7 Å². The largest absolute Gasteiger partial charge is 0.329 e. The second-order valence-corrected chi connectivity index (χ2v) is 5.19. The number of halogens is 2. The molecule has 0 aliphatic heterocycles. The highest BCUT2D eigenvalue weighted by atomic mass is 35.5. The molecule has 0 saturated carbocycles. The second-order valence-electron chi connectivity index (χ2n) is 3.07. The van der Waals surface area contributed by atoms with Crippen molar-refractivity contribution in [2.75, 3.05) is 13.1 Å². The third-order valence-electron chi connectivity index (χ3n) is 1.88. The molecule has 7 heteroatoms. The maximum absolute atomic E-state index is 11.7. The lowest BCUT2D eigenvalue weighted by atomic mass is 10.2. The van der Waals surface area contributed by atoms with E-state index in [0.29, 0.717) is 0 Å². The van der Waals surface area contributed by atoms with E-state index >= 15 is 0 Å². The van der Waals surface area contributed by atoms with Crippen molar-refractivity contribution in [1.29, 1.82) is 0 Å². The van der Waals surface area contributed by atoms with Gasteiger partial charge in [0.1, 0.15) is 4.90 Å². The molecule has 4 nitrogen and oxygen atoms in total. The predicted octanol–water partition coefficient (Wildman–Crippen LogP) is 1.31.